The summed E-state index contributed by atoms with van der Waals surface area (Å²) in [5.41, 5.74) is 2.20. The summed E-state index contributed by atoms with van der Waals surface area (Å²) in [4.78, 5) is 9.93. The van der Waals surface area contributed by atoms with Gasteiger partial charge in [0.1, 0.15) is 5.82 Å². The number of aryl methyl sites for hydroxylation is 1. The van der Waals surface area contributed by atoms with Crippen molar-refractivity contribution in [2.24, 2.45) is 0 Å². The average Bonchev–Trinajstić information content (AvgIpc) is 2.46. The zero-order chi connectivity index (χ0) is 14.1. The van der Waals surface area contributed by atoms with E-state index < -0.39 is 0 Å². The fraction of sp³-hybridized carbons (Fsp3) is 0.688. The summed E-state index contributed by atoms with van der Waals surface area (Å²) in [5.74, 6) is 1.67. The van der Waals surface area contributed by atoms with E-state index in [1.807, 2.05) is 0 Å². The molecular weight excluding hydrogens is 270 g/mol. The quantitative estimate of drug-likeness (QED) is 0.781. The molecule has 4 heteroatoms. The van der Waals surface area contributed by atoms with Crippen molar-refractivity contribution in [2.75, 3.05) is 24.5 Å². The van der Waals surface area contributed by atoms with Crippen LogP contribution in [0.25, 0.3) is 0 Å². The van der Waals surface area contributed by atoms with Crippen molar-refractivity contribution in [3.05, 3.63) is 23.4 Å². The molecule has 2 aliphatic rings. The third-order valence-electron chi connectivity index (χ3n) is 4.81. The molecule has 0 saturated carbocycles. The van der Waals surface area contributed by atoms with Crippen molar-refractivity contribution in [3.8, 4) is 0 Å². The number of fused-ring (bicyclic) bond motifs is 1. The highest BCUT2D eigenvalue weighted by molar-refractivity contribution is 6.17. The maximum absolute atomic E-state index is 5.93. The van der Waals surface area contributed by atoms with Crippen LogP contribution in [0.1, 0.15) is 37.4 Å². The Morgan fingerprint density at radius 1 is 1.30 bits per heavy atom. The molecule has 1 aromatic heterocycles. The molecule has 2 atom stereocenters. The molecule has 110 valence electrons. The van der Waals surface area contributed by atoms with E-state index in [1.54, 1.807) is 0 Å². The van der Waals surface area contributed by atoms with Gasteiger partial charge in [-0.3, -0.25) is 4.90 Å². The first-order chi connectivity index (χ1) is 9.69. The highest BCUT2D eigenvalue weighted by atomic mass is 35.5. The van der Waals surface area contributed by atoms with Gasteiger partial charge in [-0.25, -0.2) is 4.98 Å². The Kier molecular flexibility index (Phi) is 4.18. The van der Waals surface area contributed by atoms with Crippen LogP contribution in [0.15, 0.2) is 12.1 Å². The van der Waals surface area contributed by atoms with Crippen LogP contribution in [0.4, 0.5) is 5.82 Å². The van der Waals surface area contributed by atoms with Gasteiger partial charge < -0.3 is 4.90 Å². The van der Waals surface area contributed by atoms with E-state index >= 15 is 0 Å². The average molecular weight is 294 g/mol. The summed E-state index contributed by atoms with van der Waals surface area (Å²) < 4.78 is 0. The summed E-state index contributed by atoms with van der Waals surface area (Å²) in [6, 6.07) is 5.53. The highest BCUT2D eigenvalue weighted by Gasteiger charge is 2.33. The van der Waals surface area contributed by atoms with E-state index in [2.05, 4.69) is 35.8 Å². The zero-order valence-corrected chi connectivity index (χ0v) is 13.2. The number of hydrogen-bond donors (Lipinski definition) is 0. The molecule has 1 aromatic rings. The van der Waals surface area contributed by atoms with Gasteiger partial charge in [-0.15, -0.1) is 11.6 Å². The maximum Gasteiger partial charge on any atom is 0.129 e. The molecule has 0 N–H and O–H groups in total. The molecule has 2 unspecified atom stereocenters. The number of piperidine rings is 1. The number of rotatable bonds is 2. The first kappa shape index (κ1) is 14.2. The summed E-state index contributed by atoms with van der Waals surface area (Å²) in [6.07, 6.45) is 4.08. The van der Waals surface area contributed by atoms with Gasteiger partial charge in [0.15, 0.2) is 0 Å². The number of anilines is 1. The number of piperazine rings is 1. The highest BCUT2D eigenvalue weighted by Crippen LogP contribution is 2.27. The van der Waals surface area contributed by atoms with Crippen LogP contribution in [-0.4, -0.2) is 41.6 Å². The normalized spacial score (nSPS) is 27.4. The molecule has 0 radical (unpaired) electrons. The first-order valence-corrected chi connectivity index (χ1v) is 8.25. The fourth-order valence-electron chi connectivity index (χ4n) is 3.55. The van der Waals surface area contributed by atoms with Crippen molar-refractivity contribution < 1.29 is 0 Å². The van der Waals surface area contributed by atoms with Gasteiger partial charge in [0.05, 0.1) is 0 Å². The van der Waals surface area contributed by atoms with Crippen molar-refractivity contribution >= 4 is 17.4 Å². The molecule has 0 amide bonds. The summed E-state index contributed by atoms with van der Waals surface area (Å²) in [7, 11) is 0. The molecule has 3 nitrogen and oxygen atoms in total. The monoisotopic (exact) mass is 293 g/mol. The Bertz CT molecular complexity index is 477. The van der Waals surface area contributed by atoms with E-state index in [0.717, 1.165) is 29.7 Å². The lowest BCUT2D eigenvalue weighted by atomic mass is 9.97. The second-order valence-electron chi connectivity index (χ2n) is 6.19. The number of nitrogens with zero attached hydrogens (tertiary/aromatic N) is 3. The number of alkyl halides is 1. The molecule has 0 spiro atoms. The number of hydrogen-bond acceptors (Lipinski definition) is 3. The molecule has 0 aliphatic carbocycles. The van der Waals surface area contributed by atoms with Crippen molar-refractivity contribution in [2.45, 2.75) is 51.1 Å². The molecule has 20 heavy (non-hydrogen) atoms. The second-order valence-corrected chi connectivity index (χ2v) is 6.46. The Morgan fingerprint density at radius 3 is 2.90 bits per heavy atom. The minimum atomic E-state index is 0.540. The zero-order valence-electron chi connectivity index (χ0n) is 12.5. The van der Waals surface area contributed by atoms with Gasteiger partial charge in [-0.2, -0.15) is 0 Å². The van der Waals surface area contributed by atoms with Gasteiger partial charge in [0.25, 0.3) is 0 Å². The molecule has 2 saturated heterocycles. The van der Waals surface area contributed by atoms with E-state index in [4.69, 9.17) is 16.6 Å². The lowest BCUT2D eigenvalue weighted by molar-refractivity contribution is 0.115. The lowest BCUT2D eigenvalue weighted by Crippen LogP contribution is -2.59. The third-order valence-corrected chi connectivity index (χ3v) is 5.09. The van der Waals surface area contributed by atoms with Crippen LogP contribution in [0.3, 0.4) is 0 Å². The third kappa shape index (κ3) is 2.66. The Hall–Kier alpha value is -0.800. The van der Waals surface area contributed by atoms with Crippen molar-refractivity contribution in [1.82, 2.24) is 9.88 Å². The second kappa shape index (κ2) is 5.90. The van der Waals surface area contributed by atoms with Gasteiger partial charge in [-0.1, -0.05) is 12.5 Å². The SMILES string of the molecule is Cc1nc(N2CC3CCCCN3CC2C)ccc1CCl. The van der Waals surface area contributed by atoms with Gasteiger partial charge >= 0.3 is 0 Å². The smallest absolute Gasteiger partial charge is 0.129 e. The number of pyridine rings is 1. The molecule has 2 aliphatic heterocycles. The van der Waals surface area contributed by atoms with Gasteiger partial charge in [0, 0.05) is 36.7 Å². The summed E-state index contributed by atoms with van der Waals surface area (Å²) in [6.45, 7) is 7.94. The molecule has 3 rings (SSSR count). The molecule has 0 aromatic carbocycles. The van der Waals surface area contributed by atoms with Crippen LogP contribution in [0.2, 0.25) is 0 Å². The van der Waals surface area contributed by atoms with Crippen molar-refractivity contribution in [1.29, 1.82) is 0 Å². The van der Waals surface area contributed by atoms with Crippen LogP contribution < -0.4 is 4.90 Å². The summed E-state index contributed by atoms with van der Waals surface area (Å²) >= 11 is 5.93. The van der Waals surface area contributed by atoms with Crippen LogP contribution in [0.5, 0.6) is 0 Å². The number of aromatic nitrogens is 1. The summed E-state index contributed by atoms with van der Waals surface area (Å²) in [5, 5.41) is 0. The van der Waals surface area contributed by atoms with E-state index in [-0.39, 0.29) is 0 Å². The maximum atomic E-state index is 5.93. The fourth-order valence-corrected chi connectivity index (χ4v) is 3.83. The van der Waals surface area contributed by atoms with Crippen LogP contribution >= 0.6 is 11.6 Å². The van der Waals surface area contributed by atoms with E-state index in [9.17, 15) is 0 Å². The largest absolute Gasteiger partial charge is 0.351 e. The molecular formula is C16H24ClN3. The standard InChI is InChI=1S/C16H24ClN3/c1-12-10-19-8-4-3-5-15(19)11-20(12)16-7-6-14(9-17)13(2)18-16/h6-7,12,15H,3-5,8-11H2,1-2H3. The first-order valence-electron chi connectivity index (χ1n) is 7.72. The predicted molar refractivity (Wildman–Crippen MR) is 84.6 cm³/mol. The predicted octanol–water partition coefficient (Wildman–Crippen LogP) is 3.19. The van der Waals surface area contributed by atoms with Crippen molar-refractivity contribution in [3.63, 3.8) is 0 Å². The number of halogens is 1. The van der Waals surface area contributed by atoms with Crippen LogP contribution in [0, 0.1) is 6.92 Å². The van der Waals surface area contributed by atoms with E-state index in [1.165, 1.54) is 32.4 Å². The Balaban J connectivity index is 1.80. The Labute approximate surface area is 126 Å². The minimum Gasteiger partial charge on any atom is -0.351 e. The van der Waals surface area contributed by atoms with Crippen LogP contribution in [-0.2, 0) is 5.88 Å². The van der Waals surface area contributed by atoms with E-state index in [0.29, 0.717) is 11.9 Å². The topological polar surface area (TPSA) is 19.4 Å². The van der Waals surface area contributed by atoms with Gasteiger partial charge in [-0.05, 0) is 44.9 Å². The Morgan fingerprint density at radius 2 is 2.15 bits per heavy atom. The minimum absolute atomic E-state index is 0.540. The molecule has 0 bridgehead atoms. The lowest BCUT2D eigenvalue weighted by Gasteiger charge is -2.48. The van der Waals surface area contributed by atoms with Gasteiger partial charge in [0.2, 0.25) is 0 Å². The molecule has 3 heterocycles. The molecule has 2 fully saturated rings.